The summed E-state index contributed by atoms with van der Waals surface area (Å²) in [4.78, 5) is 7.27. The largest absolute Gasteiger partial charge is 0.315 e. The normalized spacial score (nSPS) is 30.6. The van der Waals surface area contributed by atoms with E-state index in [-0.39, 0.29) is 0 Å². The molecule has 2 aliphatic rings. The third-order valence-corrected chi connectivity index (χ3v) is 4.74. The lowest BCUT2D eigenvalue weighted by molar-refractivity contribution is 0.193. The molecule has 0 radical (unpaired) electrons. The van der Waals surface area contributed by atoms with Crippen LogP contribution in [0, 0.1) is 6.92 Å². The van der Waals surface area contributed by atoms with E-state index in [1.54, 1.807) is 0 Å². The zero-order valence-corrected chi connectivity index (χ0v) is 10.6. The van der Waals surface area contributed by atoms with Gasteiger partial charge in [-0.15, -0.1) is 11.3 Å². The molecule has 2 saturated heterocycles. The maximum atomic E-state index is 4.59. The number of nitrogens with zero attached hydrogens (tertiary/aromatic N) is 2. The maximum Gasteiger partial charge on any atom is 0.107 e. The average molecular weight is 237 g/mol. The topological polar surface area (TPSA) is 28.2 Å². The van der Waals surface area contributed by atoms with Crippen LogP contribution in [-0.2, 0) is 6.54 Å². The molecule has 2 aliphatic heterocycles. The smallest absolute Gasteiger partial charge is 0.107 e. The molecule has 2 bridgehead atoms. The van der Waals surface area contributed by atoms with Crippen LogP contribution in [-0.4, -0.2) is 35.1 Å². The van der Waals surface area contributed by atoms with Gasteiger partial charge in [-0.25, -0.2) is 4.98 Å². The average Bonchev–Trinajstić information content (AvgIpc) is 2.72. The van der Waals surface area contributed by atoms with Gasteiger partial charge in [0, 0.05) is 29.7 Å². The van der Waals surface area contributed by atoms with Crippen LogP contribution in [0.4, 0.5) is 0 Å². The second-order valence-electron chi connectivity index (χ2n) is 4.93. The van der Waals surface area contributed by atoms with Gasteiger partial charge >= 0.3 is 0 Å². The second kappa shape index (κ2) is 4.43. The van der Waals surface area contributed by atoms with Gasteiger partial charge in [0.1, 0.15) is 5.01 Å². The van der Waals surface area contributed by atoms with E-state index in [0.717, 1.165) is 18.6 Å². The maximum absolute atomic E-state index is 4.59. The van der Waals surface area contributed by atoms with Crippen LogP contribution < -0.4 is 5.32 Å². The third kappa shape index (κ3) is 2.01. The summed E-state index contributed by atoms with van der Waals surface area (Å²) in [6.45, 7) is 5.50. The predicted molar refractivity (Wildman–Crippen MR) is 66.7 cm³/mol. The highest BCUT2D eigenvalue weighted by Crippen LogP contribution is 2.29. The zero-order chi connectivity index (χ0) is 11.0. The molecule has 3 heterocycles. The monoisotopic (exact) mass is 237 g/mol. The van der Waals surface area contributed by atoms with Gasteiger partial charge < -0.3 is 5.32 Å². The van der Waals surface area contributed by atoms with Crippen LogP contribution in [0.25, 0.3) is 0 Å². The first-order valence-corrected chi connectivity index (χ1v) is 7.08. The Labute approximate surface area is 101 Å². The van der Waals surface area contributed by atoms with E-state index in [2.05, 4.69) is 27.5 Å². The molecule has 3 nitrogen and oxygen atoms in total. The number of fused-ring (bicyclic) bond motifs is 2. The molecule has 4 heteroatoms. The molecule has 0 aliphatic carbocycles. The third-order valence-electron chi connectivity index (χ3n) is 3.79. The van der Waals surface area contributed by atoms with E-state index in [4.69, 9.17) is 0 Å². The Morgan fingerprint density at radius 1 is 1.44 bits per heavy atom. The van der Waals surface area contributed by atoms with Crippen molar-refractivity contribution in [1.29, 1.82) is 0 Å². The van der Waals surface area contributed by atoms with E-state index in [1.807, 2.05) is 11.3 Å². The van der Waals surface area contributed by atoms with Crippen molar-refractivity contribution in [2.75, 3.05) is 13.1 Å². The minimum atomic E-state index is 0.747. The van der Waals surface area contributed by atoms with Gasteiger partial charge in [-0.3, -0.25) is 4.90 Å². The van der Waals surface area contributed by atoms with Gasteiger partial charge in [0.15, 0.2) is 0 Å². The summed E-state index contributed by atoms with van der Waals surface area (Å²) < 4.78 is 0. The number of aryl methyl sites for hydroxylation is 1. The van der Waals surface area contributed by atoms with Gasteiger partial charge in [-0.05, 0) is 32.7 Å². The van der Waals surface area contributed by atoms with Crippen LogP contribution in [0.5, 0.6) is 0 Å². The number of rotatable bonds is 2. The standard InChI is InChI=1S/C12H19N3S/c1-9-8-16-12(14-9)7-15-10-2-3-11(15)6-13-5-4-10/h8,10-11,13H,2-7H2,1H3. The van der Waals surface area contributed by atoms with Crippen molar-refractivity contribution in [2.45, 2.75) is 44.8 Å². The molecule has 2 fully saturated rings. The molecule has 0 amide bonds. The van der Waals surface area contributed by atoms with E-state index in [1.165, 1.54) is 43.1 Å². The first-order chi connectivity index (χ1) is 7.83. The number of hydrogen-bond donors (Lipinski definition) is 1. The van der Waals surface area contributed by atoms with Crippen LogP contribution in [0.15, 0.2) is 5.38 Å². The summed E-state index contributed by atoms with van der Waals surface area (Å²) in [7, 11) is 0. The quantitative estimate of drug-likeness (QED) is 0.850. The Bertz CT molecular complexity index is 349. The molecule has 88 valence electrons. The molecule has 0 spiro atoms. The molecule has 2 atom stereocenters. The Morgan fingerprint density at radius 2 is 2.31 bits per heavy atom. The molecule has 2 unspecified atom stereocenters. The lowest BCUT2D eigenvalue weighted by Gasteiger charge is -2.26. The molecule has 0 saturated carbocycles. The number of nitrogens with one attached hydrogen (secondary N) is 1. The summed E-state index contributed by atoms with van der Waals surface area (Å²) in [5, 5.41) is 6.99. The lowest BCUT2D eigenvalue weighted by Crippen LogP contribution is -2.37. The highest BCUT2D eigenvalue weighted by Gasteiger charge is 2.34. The van der Waals surface area contributed by atoms with Crippen molar-refractivity contribution in [2.24, 2.45) is 0 Å². The molecular weight excluding hydrogens is 218 g/mol. The van der Waals surface area contributed by atoms with E-state index in [0.29, 0.717) is 0 Å². The van der Waals surface area contributed by atoms with Gasteiger partial charge in [-0.1, -0.05) is 0 Å². The highest BCUT2D eigenvalue weighted by molar-refractivity contribution is 7.09. The SMILES string of the molecule is Cc1csc(CN2C3CCNCC2CC3)n1. The number of aromatic nitrogens is 1. The number of hydrogen-bond acceptors (Lipinski definition) is 4. The van der Waals surface area contributed by atoms with E-state index < -0.39 is 0 Å². The lowest BCUT2D eigenvalue weighted by atomic mass is 10.1. The van der Waals surface area contributed by atoms with Crippen LogP contribution in [0.2, 0.25) is 0 Å². The summed E-state index contributed by atoms with van der Waals surface area (Å²) in [6.07, 6.45) is 4.06. The minimum Gasteiger partial charge on any atom is -0.315 e. The van der Waals surface area contributed by atoms with Crippen molar-refractivity contribution in [1.82, 2.24) is 15.2 Å². The van der Waals surface area contributed by atoms with Crippen molar-refractivity contribution in [3.63, 3.8) is 0 Å². The fourth-order valence-electron chi connectivity index (χ4n) is 2.97. The Morgan fingerprint density at radius 3 is 3.12 bits per heavy atom. The number of thiazole rings is 1. The van der Waals surface area contributed by atoms with Crippen LogP contribution >= 0.6 is 11.3 Å². The van der Waals surface area contributed by atoms with E-state index in [9.17, 15) is 0 Å². The Balaban J connectivity index is 1.73. The van der Waals surface area contributed by atoms with Gasteiger partial charge in [0.2, 0.25) is 0 Å². The molecule has 0 aromatic carbocycles. The highest BCUT2D eigenvalue weighted by atomic mass is 32.1. The molecular formula is C12H19N3S. The Kier molecular flexibility index (Phi) is 2.96. The molecule has 1 N–H and O–H groups in total. The second-order valence-corrected chi connectivity index (χ2v) is 5.88. The first kappa shape index (κ1) is 10.7. The van der Waals surface area contributed by atoms with Crippen molar-refractivity contribution >= 4 is 11.3 Å². The first-order valence-electron chi connectivity index (χ1n) is 6.20. The predicted octanol–water partition coefficient (Wildman–Crippen LogP) is 1.78. The molecule has 3 rings (SSSR count). The van der Waals surface area contributed by atoms with Crippen molar-refractivity contribution in [3.8, 4) is 0 Å². The summed E-state index contributed by atoms with van der Waals surface area (Å²) in [5.41, 5.74) is 1.17. The van der Waals surface area contributed by atoms with Gasteiger partial charge in [0.05, 0.1) is 6.54 Å². The molecule has 1 aromatic heterocycles. The molecule has 16 heavy (non-hydrogen) atoms. The van der Waals surface area contributed by atoms with Gasteiger partial charge in [0.25, 0.3) is 0 Å². The van der Waals surface area contributed by atoms with Gasteiger partial charge in [-0.2, -0.15) is 0 Å². The zero-order valence-electron chi connectivity index (χ0n) is 9.78. The van der Waals surface area contributed by atoms with Crippen LogP contribution in [0.3, 0.4) is 0 Å². The fourth-order valence-corrected chi connectivity index (χ4v) is 3.75. The van der Waals surface area contributed by atoms with Crippen molar-refractivity contribution < 1.29 is 0 Å². The summed E-state index contributed by atoms with van der Waals surface area (Å²) in [6, 6.07) is 1.54. The van der Waals surface area contributed by atoms with Crippen molar-refractivity contribution in [3.05, 3.63) is 16.1 Å². The fraction of sp³-hybridized carbons (Fsp3) is 0.750. The molecule has 1 aromatic rings. The summed E-state index contributed by atoms with van der Waals surface area (Å²) >= 11 is 1.81. The summed E-state index contributed by atoms with van der Waals surface area (Å²) in [5.74, 6) is 0. The van der Waals surface area contributed by atoms with Crippen LogP contribution in [0.1, 0.15) is 30.0 Å². The Hall–Kier alpha value is -0.450. The minimum absolute atomic E-state index is 0.747. The van der Waals surface area contributed by atoms with E-state index >= 15 is 0 Å².